The number of carboxylic acid groups (broad SMARTS) is 1. The van der Waals surface area contributed by atoms with Gasteiger partial charge < -0.3 is 21.5 Å². The number of carbonyl (C=O) groups excluding carboxylic acids is 2. The first kappa shape index (κ1) is 32.9. The molecule has 0 unspecified atom stereocenters. The molecule has 41 heavy (non-hydrogen) atoms. The van der Waals surface area contributed by atoms with Crippen LogP contribution in [-0.2, 0) is 20.9 Å². The van der Waals surface area contributed by atoms with E-state index in [1.807, 2.05) is 12.1 Å². The summed E-state index contributed by atoms with van der Waals surface area (Å²) in [6.45, 7) is 0.0333. The summed E-state index contributed by atoms with van der Waals surface area (Å²) in [5, 5.41) is 26.4. The maximum Gasteiger partial charge on any atom is 0.317 e. The highest BCUT2D eigenvalue weighted by Gasteiger charge is 2.46. The zero-order valence-corrected chi connectivity index (χ0v) is 24.9. The van der Waals surface area contributed by atoms with Crippen molar-refractivity contribution in [3.05, 3.63) is 35.4 Å². The Kier molecular flexibility index (Phi) is 12.5. The number of amides is 2. The van der Waals surface area contributed by atoms with Gasteiger partial charge in [0, 0.05) is 12.1 Å². The van der Waals surface area contributed by atoms with Crippen LogP contribution >= 0.6 is 12.4 Å². The van der Waals surface area contributed by atoms with Crippen molar-refractivity contribution in [3.63, 3.8) is 0 Å². The van der Waals surface area contributed by atoms with E-state index in [0.717, 1.165) is 69.8 Å². The van der Waals surface area contributed by atoms with Crippen LogP contribution in [0.15, 0.2) is 24.3 Å². The zero-order chi connectivity index (χ0) is 28.5. The molecule has 0 bridgehead atoms. The standard InChI is InChI=1S/C31H47N5O4.ClH/c32-28(33)24-15-13-21(14-16-24)19-35-30(40)31(17-7-8-18-31)36-29(39)27(34-20-25(37)38)26(22-9-3-1-4-10-22)23-11-5-2-6-12-23;/h13-16,22-23,26-27,34H,1-12,17-20H2,(H3,32,33)(H,35,40)(H,36,39)(H,37,38);1H/t27-;/m1./s1. The second-order valence-electron chi connectivity index (χ2n) is 12.2. The Balaban J connectivity index is 0.00000462. The van der Waals surface area contributed by atoms with Crippen molar-refractivity contribution in [2.45, 2.75) is 108 Å². The van der Waals surface area contributed by atoms with Gasteiger partial charge in [-0.25, -0.2) is 0 Å². The van der Waals surface area contributed by atoms with Crippen LogP contribution in [0.2, 0.25) is 0 Å². The molecule has 0 radical (unpaired) electrons. The number of amidine groups is 1. The molecule has 0 aromatic heterocycles. The highest BCUT2D eigenvalue weighted by Crippen LogP contribution is 2.42. The normalized spacial score (nSPS) is 20.1. The minimum absolute atomic E-state index is 0. The molecule has 1 aromatic carbocycles. The minimum Gasteiger partial charge on any atom is -0.480 e. The Morgan fingerprint density at radius 2 is 1.44 bits per heavy atom. The monoisotopic (exact) mass is 589 g/mol. The third-order valence-electron chi connectivity index (χ3n) is 9.50. The summed E-state index contributed by atoms with van der Waals surface area (Å²) in [5.41, 5.74) is 6.06. The van der Waals surface area contributed by atoms with Crippen LogP contribution in [0.25, 0.3) is 0 Å². The Hall–Kier alpha value is -2.65. The van der Waals surface area contributed by atoms with E-state index in [1.54, 1.807) is 12.1 Å². The number of hydrogen-bond donors (Lipinski definition) is 6. The van der Waals surface area contributed by atoms with Crippen molar-refractivity contribution in [3.8, 4) is 0 Å². The molecule has 7 N–H and O–H groups in total. The molecule has 1 atom stereocenters. The molecule has 228 valence electrons. The number of rotatable bonds is 12. The minimum atomic E-state index is -0.997. The smallest absolute Gasteiger partial charge is 0.317 e. The molecule has 3 aliphatic carbocycles. The highest BCUT2D eigenvalue weighted by atomic mass is 35.5. The lowest BCUT2D eigenvalue weighted by atomic mass is 9.66. The fourth-order valence-corrected chi connectivity index (χ4v) is 7.42. The van der Waals surface area contributed by atoms with Crippen LogP contribution in [-0.4, -0.2) is 46.9 Å². The third kappa shape index (κ3) is 8.67. The molecule has 2 amide bonds. The van der Waals surface area contributed by atoms with Crippen LogP contribution in [0, 0.1) is 23.2 Å². The van der Waals surface area contributed by atoms with Gasteiger partial charge in [0.15, 0.2) is 0 Å². The average molecular weight is 590 g/mol. The molecule has 9 nitrogen and oxygen atoms in total. The quantitative estimate of drug-likeness (QED) is 0.158. The lowest BCUT2D eigenvalue weighted by Crippen LogP contribution is -2.63. The third-order valence-corrected chi connectivity index (χ3v) is 9.50. The predicted molar refractivity (Wildman–Crippen MR) is 162 cm³/mol. The number of nitrogen functional groups attached to an aromatic ring is 1. The second kappa shape index (κ2) is 15.5. The van der Waals surface area contributed by atoms with Gasteiger partial charge >= 0.3 is 5.97 Å². The summed E-state index contributed by atoms with van der Waals surface area (Å²) in [6, 6.07) is 6.55. The molecular formula is C31H48ClN5O4. The van der Waals surface area contributed by atoms with Gasteiger partial charge in [-0.2, -0.15) is 0 Å². The van der Waals surface area contributed by atoms with Crippen LogP contribution in [0.4, 0.5) is 0 Å². The molecule has 0 aliphatic heterocycles. The van der Waals surface area contributed by atoms with Gasteiger partial charge in [0.25, 0.3) is 0 Å². The summed E-state index contributed by atoms with van der Waals surface area (Å²) < 4.78 is 0. The molecule has 10 heteroatoms. The molecular weight excluding hydrogens is 542 g/mol. The number of halogens is 1. The summed E-state index contributed by atoms with van der Waals surface area (Å²) in [7, 11) is 0. The first-order valence-electron chi connectivity index (χ1n) is 15.3. The Morgan fingerprint density at radius 1 is 0.902 bits per heavy atom. The Bertz CT molecular complexity index is 1010. The Morgan fingerprint density at radius 3 is 1.93 bits per heavy atom. The van der Waals surface area contributed by atoms with E-state index >= 15 is 0 Å². The van der Waals surface area contributed by atoms with Crippen molar-refractivity contribution in [1.82, 2.24) is 16.0 Å². The van der Waals surface area contributed by atoms with Gasteiger partial charge in [-0.05, 0) is 36.2 Å². The van der Waals surface area contributed by atoms with E-state index in [9.17, 15) is 19.5 Å². The van der Waals surface area contributed by atoms with Gasteiger partial charge in [0.05, 0.1) is 12.6 Å². The average Bonchev–Trinajstić information content (AvgIpc) is 3.44. The number of benzene rings is 1. The number of hydrogen-bond acceptors (Lipinski definition) is 5. The van der Waals surface area contributed by atoms with E-state index in [-0.39, 0.29) is 42.5 Å². The lowest BCUT2D eigenvalue weighted by Gasteiger charge is -2.43. The lowest BCUT2D eigenvalue weighted by molar-refractivity contribution is -0.138. The fourth-order valence-electron chi connectivity index (χ4n) is 7.42. The Labute approximate surface area is 250 Å². The molecule has 0 spiro atoms. The SMILES string of the molecule is Cl.N=C(N)c1ccc(CNC(=O)C2(NC(=O)[C@H](NCC(=O)O)C(C3CCCCC3)C3CCCCC3)CCCC2)cc1. The van der Waals surface area contributed by atoms with E-state index < -0.39 is 17.6 Å². The van der Waals surface area contributed by atoms with Gasteiger partial charge in [-0.1, -0.05) is 101 Å². The first-order chi connectivity index (χ1) is 19.3. The van der Waals surface area contributed by atoms with E-state index in [2.05, 4.69) is 16.0 Å². The van der Waals surface area contributed by atoms with Crippen molar-refractivity contribution >= 4 is 36.0 Å². The van der Waals surface area contributed by atoms with Crippen molar-refractivity contribution in [2.24, 2.45) is 23.5 Å². The molecule has 3 saturated carbocycles. The van der Waals surface area contributed by atoms with Crippen molar-refractivity contribution in [1.29, 1.82) is 5.41 Å². The topological polar surface area (TPSA) is 157 Å². The summed E-state index contributed by atoms with van der Waals surface area (Å²) >= 11 is 0. The number of carboxylic acids is 1. The number of nitrogens with one attached hydrogen (secondary N) is 4. The molecule has 0 saturated heterocycles. The predicted octanol–water partition coefficient (Wildman–Crippen LogP) is 4.26. The van der Waals surface area contributed by atoms with Crippen molar-refractivity contribution in [2.75, 3.05) is 6.54 Å². The van der Waals surface area contributed by atoms with E-state index in [1.165, 1.54) is 12.8 Å². The molecule has 4 rings (SSSR count). The summed E-state index contributed by atoms with van der Waals surface area (Å²) in [4.78, 5) is 39.4. The molecule has 0 heterocycles. The maximum absolute atomic E-state index is 14.1. The fraction of sp³-hybridized carbons (Fsp3) is 0.677. The van der Waals surface area contributed by atoms with Crippen LogP contribution in [0.3, 0.4) is 0 Å². The van der Waals surface area contributed by atoms with Crippen LogP contribution < -0.4 is 21.7 Å². The van der Waals surface area contributed by atoms with E-state index in [0.29, 0.717) is 36.8 Å². The maximum atomic E-state index is 14.1. The molecule has 1 aromatic rings. The van der Waals surface area contributed by atoms with Crippen LogP contribution in [0.5, 0.6) is 0 Å². The van der Waals surface area contributed by atoms with E-state index in [4.69, 9.17) is 11.1 Å². The number of nitrogens with two attached hydrogens (primary N) is 1. The summed E-state index contributed by atoms with van der Waals surface area (Å²) in [6.07, 6.45) is 14.2. The van der Waals surface area contributed by atoms with Gasteiger partial charge in [-0.15, -0.1) is 12.4 Å². The van der Waals surface area contributed by atoms with Crippen LogP contribution in [0.1, 0.15) is 101 Å². The molecule has 3 aliphatic rings. The highest BCUT2D eigenvalue weighted by molar-refractivity contribution is 5.95. The summed E-state index contributed by atoms with van der Waals surface area (Å²) in [5.74, 6) is -0.563. The molecule has 3 fully saturated rings. The van der Waals surface area contributed by atoms with Gasteiger partial charge in [-0.3, -0.25) is 25.1 Å². The van der Waals surface area contributed by atoms with Crippen molar-refractivity contribution < 1.29 is 19.5 Å². The zero-order valence-electron chi connectivity index (χ0n) is 24.1. The van der Waals surface area contributed by atoms with Gasteiger partial charge in [0.2, 0.25) is 11.8 Å². The van der Waals surface area contributed by atoms with Gasteiger partial charge in [0.1, 0.15) is 11.4 Å². The second-order valence-corrected chi connectivity index (χ2v) is 12.2. The largest absolute Gasteiger partial charge is 0.480 e. The number of carbonyl (C=O) groups is 3. The number of aliphatic carboxylic acids is 1. The first-order valence-corrected chi connectivity index (χ1v) is 15.3.